The molecular formula is C11H17N3O5S. The molecule has 112 valence electrons. The van der Waals surface area contributed by atoms with E-state index in [1.165, 1.54) is 25.6 Å². The highest BCUT2D eigenvalue weighted by Gasteiger charge is 2.47. The Labute approximate surface area is 120 Å². The number of esters is 2. The molecule has 1 unspecified atom stereocenters. The van der Waals surface area contributed by atoms with Crippen molar-refractivity contribution in [3.05, 3.63) is 10.4 Å². The summed E-state index contributed by atoms with van der Waals surface area (Å²) in [7, 11) is 0. The van der Waals surface area contributed by atoms with E-state index in [1.807, 2.05) is 0 Å². The third-order valence-electron chi connectivity index (χ3n) is 2.77. The minimum Gasteiger partial charge on any atom is -0.458 e. The van der Waals surface area contributed by atoms with Crippen LogP contribution in [0.15, 0.2) is 5.11 Å². The van der Waals surface area contributed by atoms with Crippen LogP contribution in [0.1, 0.15) is 20.8 Å². The molecule has 1 aliphatic rings. The number of azide groups is 1. The third kappa shape index (κ3) is 4.03. The van der Waals surface area contributed by atoms with Crippen LogP contribution in [0.4, 0.5) is 0 Å². The topological polar surface area (TPSA) is 111 Å². The Morgan fingerprint density at radius 1 is 1.25 bits per heavy atom. The van der Waals surface area contributed by atoms with E-state index in [9.17, 15) is 9.59 Å². The fraction of sp³-hybridized carbons (Fsp3) is 0.818. The Morgan fingerprint density at radius 3 is 2.25 bits per heavy atom. The lowest BCUT2D eigenvalue weighted by Gasteiger charge is -2.42. The molecule has 9 heteroatoms. The molecular weight excluding hydrogens is 286 g/mol. The van der Waals surface area contributed by atoms with Gasteiger partial charge in [0.1, 0.15) is 11.5 Å². The van der Waals surface area contributed by atoms with Gasteiger partial charge < -0.3 is 14.2 Å². The maximum atomic E-state index is 11.2. The first-order valence-corrected chi connectivity index (χ1v) is 7.26. The number of rotatable bonds is 4. The van der Waals surface area contributed by atoms with Gasteiger partial charge in [-0.2, -0.15) is 0 Å². The summed E-state index contributed by atoms with van der Waals surface area (Å²) in [5.41, 5.74) is 8.19. The van der Waals surface area contributed by atoms with Gasteiger partial charge in [-0.15, -0.1) is 11.8 Å². The molecule has 1 fully saturated rings. The summed E-state index contributed by atoms with van der Waals surface area (Å²) in [6.45, 7) is 4.20. The smallest absolute Gasteiger partial charge is 0.303 e. The third-order valence-corrected chi connectivity index (χ3v) is 3.63. The van der Waals surface area contributed by atoms with Crippen molar-refractivity contribution in [2.75, 3.05) is 6.26 Å². The van der Waals surface area contributed by atoms with Crippen molar-refractivity contribution in [3.8, 4) is 0 Å². The van der Waals surface area contributed by atoms with Gasteiger partial charge in [0.25, 0.3) is 0 Å². The van der Waals surface area contributed by atoms with Crippen molar-refractivity contribution in [1.29, 1.82) is 0 Å². The van der Waals surface area contributed by atoms with E-state index in [1.54, 1.807) is 13.2 Å². The first-order chi connectivity index (χ1) is 9.40. The van der Waals surface area contributed by atoms with Gasteiger partial charge in [0, 0.05) is 18.8 Å². The lowest BCUT2D eigenvalue weighted by molar-refractivity contribution is -0.198. The summed E-state index contributed by atoms with van der Waals surface area (Å²) in [6, 6.07) is -0.764. The van der Waals surface area contributed by atoms with Crippen molar-refractivity contribution in [2.45, 2.75) is 50.6 Å². The molecule has 0 aliphatic carbocycles. The van der Waals surface area contributed by atoms with Crippen molar-refractivity contribution in [3.63, 3.8) is 0 Å². The molecule has 0 radical (unpaired) electrons. The summed E-state index contributed by atoms with van der Waals surface area (Å²) in [6.07, 6.45) is -0.372. The van der Waals surface area contributed by atoms with Crippen LogP contribution in [0.5, 0.6) is 0 Å². The van der Waals surface area contributed by atoms with Crippen molar-refractivity contribution in [2.24, 2.45) is 5.11 Å². The molecule has 5 atom stereocenters. The van der Waals surface area contributed by atoms with Crippen LogP contribution in [-0.2, 0) is 23.8 Å². The zero-order valence-corrected chi connectivity index (χ0v) is 12.5. The quantitative estimate of drug-likeness (QED) is 0.338. The number of carbonyl (C=O) groups is 2. The molecule has 1 heterocycles. The van der Waals surface area contributed by atoms with Gasteiger partial charge in [-0.3, -0.25) is 9.59 Å². The Bertz CT molecular complexity index is 426. The van der Waals surface area contributed by atoms with Crippen LogP contribution in [0.3, 0.4) is 0 Å². The van der Waals surface area contributed by atoms with Crippen LogP contribution in [0.25, 0.3) is 10.4 Å². The number of thioether (sulfide) groups is 1. The van der Waals surface area contributed by atoms with Crippen LogP contribution in [0, 0.1) is 0 Å². The van der Waals surface area contributed by atoms with E-state index in [-0.39, 0.29) is 0 Å². The fourth-order valence-corrected chi connectivity index (χ4v) is 2.82. The Kier molecular flexibility index (Phi) is 6.12. The second kappa shape index (κ2) is 7.37. The molecule has 0 amide bonds. The largest absolute Gasteiger partial charge is 0.458 e. The fourth-order valence-electron chi connectivity index (χ4n) is 2.04. The van der Waals surface area contributed by atoms with Gasteiger partial charge >= 0.3 is 11.9 Å². The molecule has 8 nitrogen and oxygen atoms in total. The highest BCUT2D eigenvalue weighted by molar-refractivity contribution is 7.99. The molecule has 0 bridgehead atoms. The maximum Gasteiger partial charge on any atom is 0.303 e. The van der Waals surface area contributed by atoms with Gasteiger partial charge in [0.2, 0.25) is 0 Å². The minimum atomic E-state index is -0.867. The number of nitrogens with zero attached hydrogens (tertiary/aromatic N) is 3. The SMILES string of the molecule is CSC1O[C@@H](C)[C@@H](OC(C)=O)[C@@H](OC(C)=O)[C@@H]1N=[N+]=[N-]. The lowest BCUT2D eigenvalue weighted by atomic mass is 9.98. The number of carbonyl (C=O) groups excluding carboxylic acids is 2. The standard InChI is InChI=1S/C11H17N3O5S/c1-5-9(18-6(2)15)10(19-7(3)16)8(13-14-12)11(17-5)20-4/h5,8-11H,1-4H3/t5-,8-,9+,10-,11?/m0/s1. The molecule has 0 aromatic rings. The van der Waals surface area contributed by atoms with Gasteiger partial charge in [-0.1, -0.05) is 5.11 Å². The van der Waals surface area contributed by atoms with E-state index in [0.717, 1.165) is 0 Å². The predicted molar refractivity (Wildman–Crippen MR) is 71.9 cm³/mol. The van der Waals surface area contributed by atoms with E-state index in [4.69, 9.17) is 19.7 Å². The molecule has 0 saturated carbocycles. The molecule has 0 N–H and O–H groups in total. The van der Waals surface area contributed by atoms with Crippen molar-refractivity contribution in [1.82, 2.24) is 0 Å². The Morgan fingerprint density at radius 2 is 1.80 bits per heavy atom. The van der Waals surface area contributed by atoms with E-state index in [2.05, 4.69) is 10.0 Å². The minimum absolute atomic E-state index is 0.475. The lowest BCUT2D eigenvalue weighted by Crippen LogP contribution is -2.57. The summed E-state index contributed by atoms with van der Waals surface area (Å²) >= 11 is 1.33. The summed E-state index contributed by atoms with van der Waals surface area (Å²) in [4.78, 5) is 25.2. The predicted octanol–water partition coefficient (Wildman–Crippen LogP) is 1.64. The number of hydrogen-bond acceptors (Lipinski definition) is 7. The van der Waals surface area contributed by atoms with E-state index >= 15 is 0 Å². The van der Waals surface area contributed by atoms with Gasteiger partial charge in [-0.05, 0) is 18.7 Å². The summed E-state index contributed by atoms with van der Waals surface area (Å²) in [5, 5.41) is 3.63. The molecule has 1 rings (SSSR count). The van der Waals surface area contributed by atoms with Crippen molar-refractivity contribution >= 4 is 23.7 Å². The monoisotopic (exact) mass is 303 g/mol. The zero-order valence-electron chi connectivity index (χ0n) is 11.7. The summed E-state index contributed by atoms with van der Waals surface area (Å²) in [5.74, 6) is -1.07. The second-order valence-electron chi connectivity index (χ2n) is 4.29. The van der Waals surface area contributed by atoms with Crippen LogP contribution in [0.2, 0.25) is 0 Å². The molecule has 1 saturated heterocycles. The highest BCUT2D eigenvalue weighted by Crippen LogP contribution is 2.32. The van der Waals surface area contributed by atoms with Crippen LogP contribution < -0.4 is 0 Å². The first-order valence-electron chi connectivity index (χ1n) is 5.97. The average molecular weight is 303 g/mol. The second-order valence-corrected chi connectivity index (χ2v) is 5.22. The van der Waals surface area contributed by atoms with Gasteiger partial charge in [0.05, 0.1) is 6.10 Å². The van der Waals surface area contributed by atoms with Gasteiger partial charge in [-0.25, -0.2) is 0 Å². The maximum absolute atomic E-state index is 11.2. The molecule has 0 aromatic carbocycles. The molecule has 0 aromatic heterocycles. The number of ether oxygens (including phenoxy) is 3. The zero-order chi connectivity index (χ0) is 15.3. The van der Waals surface area contributed by atoms with E-state index < -0.39 is 41.7 Å². The normalized spacial score (nSPS) is 32.9. The van der Waals surface area contributed by atoms with Crippen molar-refractivity contribution < 1.29 is 23.8 Å². The molecule has 20 heavy (non-hydrogen) atoms. The van der Waals surface area contributed by atoms with Gasteiger partial charge in [0.15, 0.2) is 12.2 Å². The van der Waals surface area contributed by atoms with Crippen LogP contribution in [-0.4, -0.2) is 48.0 Å². The first kappa shape index (κ1) is 16.6. The Balaban J connectivity index is 3.10. The van der Waals surface area contributed by atoms with E-state index in [0.29, 0.717) is 0 Å². The van der Waals surface area contributed by atoms with Crippen LogP contribution >= 0.6 is 11.8 Å². The highest BCUT2D eigenvalue weighted by atomic mass is 32.2. The Hall–Kier alpha value is -1.44. The molecule has 1 aliphatic heterocycles. The average Bonchev–Trinajstić information content (AvgIpc) is 2.35. The number of hydrogen-bond donors (Lipinski definition) is 0. The summed E-state index contributed by atoms with van der Waals surface area (Å²) < 4.78 is 16.0. The molecule has 0 spiro atoms.